The Morgan fingerprint density at radius 1 is 1.05 bits per heavy atom. The van der Waals surface area contributed by atoms with Gasteiger partial charge in [0.2, 0.25) is 0 Å². The number of nitrogens with one attached hydrogen (secondary N) is 1. The van der Waals surface area contributed by atoms with Crippen LogP contribution in [-0.2, 0) is 6.54 Å². The summed E-state index contributed by atoms with van der Waals surface area (Å²) in [6.45, 7) is 7.02. The number of hydrogen-bond donors (Lipinski definition) is 2. The maximum absolute atomic E-state index is 10.3. The maximum atomic E-state index is 10.3. The summed E-state index contributed by atoms with van der Waals surface area (Å²) in [6.07, 6.45) is -0.485. The van der Waals surface area contributed by atoms with E-state index < -0.39 is 6.10 Å². The van der Waals surface area contributed by atoms with E-state index in [2.05, 4.69) is 37.4 Å². The van der Waals surface area contributed by atoms with Crippen molar-refractivity contribution in [2.75, 3.05) is 0 Å². The SMILES string of the molecule is Cc1ccc(C)c(CNC(C)C(O)c2ccccc2)c1. The van der Waals surface area contributed by atoms with E-state index in [9.17, 15) is 5.11 Å². The molecule has 0 radical (unpaired) electrons. The fraction of sp³-hybridized carbons (Fsp3) is 0.333. The molecule has 0 spiro atoms. The second-order valence-corrected chi connectivity index (χ2v) is 5.46. The molecule has 2 heteroatoms. The molecule has 0 fully saturated rings. The normalized spacial score (nSPS) is 14.0. The number of aliphatic hydroxyl groups excluding tert-OH is 1. The highest BCUT2D eigenvalue weighted by molar-refractivity contribution is 5.30. The number of aliphatic hydroxyl groups is 1. The summed E-state index contributed by atoms with van der Waals surface area (Å²) in [5.41, 5.74) is 4.79. The number of benzene rings is 2. The summed E-state index contributed by atoms with van der Waals surface area (Å²) in [7, 11) is 0. The highest BCUT2D eigenvalue weighted by Gasteiger charge is 2.15. The minimum Gasteiger partial charge on any atom is -0.387 e. The summed E-state index contributed by atoms with van der Waals surface area (Å²) in [4.78, 5) is 0. The molecule has 0 aliphatic heterocycles. The van der Waals surface area contributed by atoms with E-state index in [-0.39, 0.29) is 6.04 Å². The van der Waals surface area contributed by atoms with E-state index in [1.54, 1.807) is 0 Å². The zero-order chi connectivity index (χ0) is 14.5. The molecular formula is C18H23NO. The molecule has 20 heavy (non-hydrogen) atoms. The van der Waals surface area contributed by atoms with E-state index in [0.29, 0.717) is 0 Å². The van der Waals surface area contributed by atoms with E-state index >= 15 is 0 Å². The summed E-state index contributed by atoms with van der Waals surface area (Å²) >= 11 is 0. The molecule has 0 bridgehead atoms. The first-order chi connectivity index (χ1) is 9.58. The predicted octanol–water partition coefficient (Wildman–Crippen LogP) is 3.52. The fourth-order valence-electron chi connectivity index (χ4n) is 2.31. The molecule has 2 atom stereocenters. The Balaban J connectivity index is 1.98. The van der Waals surface area contributed by atoms with E-state index in [0.717, 1.165) is 12.1 Å². The number of aryl methyl sites for hydroxylation is 2. The van der Waals surface area contributed by atoms with Gasteiger partial charge in [0.25, 0.3) is 0 Å². The largest absolute Gasteiger partial charge is 0.387 e. The molecule has 0 aliphatic carbocycles. The summed E-state index contributed by atoms with van der Waals surface area (Å²) < 4.78 is 0. The van der Waals surface area contributed by atoms with E-state index in [4.69, 9.17) is 0 Å². The van der Waals surface area contributed by atoms with Crippen LogP contribution in [0.3, 0.4) is 0 Å². The zero-order valence-corrected chi connectivity index (χ0v) is 12.4. The van der Waals surface area contributed by atoms with Crippen LogP contribution in [0, 0.1) is 13.8 Å². The Bertz CT molecular complexity index is 551. The third kappa shape index (κ3) is 3.69. The summed E-state index contributed by atoms with van der Waals surface area (Å²) in [5.74, 6) is 0. The third-order valence-corrected chi connectivity index (χ3v) is 3.73. The van der Waals surface area contributed by atoms with Crippen molar-refractivity contribution in [1.29, 1.82) is 0 Å². The predicted molar refractivity (Wildman–Crippen MR) is 83.6 cm³/mol. The Labute approximate surface area is 121 Å². The van der Waals surface area contributed by atoms with Crippen LogP contribution in [0.25, 0.3) is 0 Å². The van der Waals surface area contributed by atoms with Gasteiger partial charge in [-0.05, 0) is 37.5 Å². The van der Waals surface area contributed by atoms with Gasteiger partial charge in [0.05, 0.1) is 6.10 Å². The molecule has 106 valence electrons. The number of hydrogen-bond acceptors (Lipinski definition) is 2. The van der Waals surface area contributed by atoms with Crippen LogP contribution in [0.4, 0.5) is 0 Å². The molecule has 2 aromatic carbocycles. The highest BCUT2D eigenvalue weighted by atomic mass is 16.3. The van der Waals surface area contributed by atoms with Gasteiger partial charge in [-0.1, -0.05) is 54.1 Å². The molecule has 0 amide bonds. The molecule has 0 saturated carbocycles. The molecule has 2 aromatic rings. The Kier molecular flexibility index (Phi) is 4.94. The molecule has 0 heterocycles. The van der Waals surface area contributed by atoms with Crippen molar-refractivity contribution < 1.29 is 5.11 Å². The molecular weight excluding hydrogens is 246 g/mol. The first-order valence-electron chi connectivity index (χ1n) is 7.10. The van der Waals surface area contributed by atoms with Gasteiger partial charge < -0.3 is 10.4 Å². The summed E-state index contributed by atoms with van der Waals surface area (Å²) in [6, 6.07) is 16.3. The van der Waals surface area contributed by atoms with Gasteiger partial charge in [-0.3, -0.25) is 0 Å². The molecule has 2 nitrogen and oxygen atoms in total. The topological polar surface area (TPSA) is 32.3 Å². The van der Waals surface area contributed by atoms with Crippen LogP contribution >= 0.6 is 0 Å². The lowest BCUT2D eigenvalue weighted by molar-refractivity contribution is 0.135. The zero-order valence-electron chi connectivity index (χ0n) is 12.4. The van der Waals surface area contributed by atoms with Crippen molar-refractivity contribution in [2.45, 2.75) is 39.5 Å². The van der Waals surface area contributed by atoms with Crippen LogP contribution in [0.1, 0.15) is 35.3 Å². The van der Waals surface area contributed by atoms with Crippen LogP contribution in [0.15, 0.2) is 48.5 Å². The van der Waals surface area contributed by atoms with Gasteiger partial charge in [0, 0.05) is 12.6 Å². The Morgan fingerprint density at radius 3 is 2.45 bits per heavy atom. The average molecular weight is 269 g/mol. The minimum absolute atomic E-state index is 0.0114. The monoisotopic (exact) mass is 269 g/mol. The lowest BCUT2D eigenvalue weighted by Gasteiger charge is -2.21. The van der Waals surface area contributed by atoms with Crippen LogP contribution in [-0.4, -0.2) is 11.1 Å². The standard InChI is InChI=1S/C18H23NO/c1-13-9-10-14(2)17(11-13)12-19-15(3)18(20)16-7-5-4-6-8-16/h4-11,15,18-20H,12H2,1-3H3. The molecule has 0 aliphatic rings. The first-order valence-corrected chi connectivity index (χ1v) is 7.10. The first kappa shape index (κ1) is 14.8. The average Bonchev–Trinajstić information content (AvgIpc) is 2.48. The maximum Gasteiger partial charge on any atom is 0.0940 e. The highest BCUT2D eigenvalue weighted by Crippen LogP contribution is 2.17. The Hall–Kier alpha value is -1.64. The quantitative estimate of drug-likeness (QED) is 0.870. The lowest BCUT2D eigenvalue weighted by atomic mass is 10.0. The molecule has 0 saturated heterocycles. The molecule has 2 rings (SSSR count). The van der Waals surface area contributed by atoms with Crippen molar-refractivity contribution >= 4 is 0 Å². The van der Waals surface area contributed by atoms with Gasteiger partial charge in [0.15, 0.2) is 0 Å². The fourth-order valence-corrected chi connectivity index (χ4v) is 2.31. The second kappa shape index (κ2) is 6.69. The van der Waals surface area contributed by atoms with Gasteiger partial charge in [-0.2, -0.15) is 0 Å². The van der Waals surface area contributed by atoms with Crippen LogP contribution in [0.5, 0.6) is 0 Å². The lowest BCUT2D eigenvalue weighted by Crippen LogP contribution is -2.31. The van der Waals surface area contributed by atoms with E-state index in [1.807, 2.05) is 37.3 Å². The third-order valence-electron chi connectivity index (χ3n) is 3.73. The van der Waals surface area contributed by atoms with Gasteiger partial charge in [-0.25, -0.2) is 0 Å². The minimum atomic E-state index is -0.485. The number of rotatable bonds is 5. The summed E-state index contributed by atoms with van der Waals surface area (Å²) in [5, 5.41) is 13.7. The van der Waals surface area contributed by atoms with Gasteiger partial charge in [0.1, 0.15) is 0 Å². The second-order valence-electron chi connectivity index (χ2n) is 5.46. The van der Waals surface area contributed by atoms with Crippen LogP contribution in [0.2, 0.25) is 0 Å². The molecule has 2 unspecified atom stereocenters. The van der Waals surface area contributed by atoms with Crippen molar-refractivity contribution in [2.24, 2.45) is 0 Å². The van der Waals surface area contributed by atoms with Crippen molar-refractivity contribution in [3.63, 3.8) is 0 Å². The van der Waals surface area contributed by atoms with Crippen molar-refractivity contribution in [3.8, 4) is 0 Å². The molecule has 2 N–H and O–H groups in total. The van der Waals surface area contributed by atoms with Gasteiger partial charge in [-0.15, -0.1) is 0 Å². The van der Waals surface area contributed by atoms with Crippen molar-refractivity contribution in [3.05, 3.63) is 70.8 Å². The smallest absolute Gasteiger partial charge is 0.0940 e. The van der Waals surface area contributed by atoms with E-state index in [1.165, 1.54) is 16.7 Å². The Morgan fingerprint density at radius 2 is 1.75 bits per heavy atom. The van der Waals surface area contributed by atoms with Gasteiger partial charge >= 0.3 is 0 Å². The molecule has 0 aromatic heterocycles. The van der Waals surface area contributed by atoms with Crippen molar-refractivity contribution in [1.82, 2.24) is 5.32 Å². The van der Waals surface area contributed by atoms with Crippen LogP contribution < -0.4 is 5.32 Å².